The van der Waals surface area contributed by atoms with Crippen molar-refractivity contribution >= 4 is 5.97 Å². The van der Waals surface area contributed by atoms with E-state index < -0.39 is 12.1 Å². The van der Waals surface area contributed by atoms with Gasteiger partial charge in [-0.3, -0.25) is 0 Å². The zero-order chi connectivity index (χ0) is 14.5. The van der Waals surface area contributed by atoms with Gasteiger partial charge in [0.2, 0.25) is 5.76 Å². The molecule has 0 saturated carbocycles. The normalized spacial score (nSPS) is 12.2. The second-order valence-corrected chi connectivity index (χ2v) is 4.27. The Morgan fingerprint density at radius 2 is 1.90 bits per heavy atom. The lowest BCUT2D eigenvalue weighted by atomic mass is 10.1. The predicted molar refractivity (Wildman–Crippen MR) is 71.3 cm³/mol. The number of rotatable bonds is 5. The van der Waals surface area contributed by atoms with E-state index in [9.17, 15) is 9.90 Å². The van der Waals surface area contributed by atoms with Crippen LogP contribution in [-0.2, 0) is 16.1 Å². The third-order valence-electron chi connectivity index (χ3n) is 2.89. The maximum atomic E-state index is 11.3. The van der Waals surface area contributed by atoms with Gasteiger partial charge < -0.3 is 19.0 Å². The summed E-state index contributed by atoms with van der Waals surface area (Å²) in [5.41, 5.74) is 1.69. The number of methoxy groups -OCH3 is 2. The molecule has 0 spiro atoms. The summed E-state index contributed by atoms with van der Waals surface area (Å²) in [7, 11) is 2.90. The maximum Gasteiger partial charge on any atom is 0.373 e. The first-order valence-electron chi connectivity index (χ1n) is 6.09. The van der Waals surface area contributed by atoms with E-state index in [0.717, 1.165) is 5.56 Å². The van der Waals surface area contributed by atoms with E-state index in [-0.39, 0.29) is 5.76 Å². The van der Waals surface area contributed by atoms with Crippen LogP contribution >= 0.6 is 0 Å². The molecule has 0 aliphatic carbocycles. The van der Waals surface area contributed by atoms with Crippen LogP contribution < -0.4 is 0 Å². The summed E-state index contributed by atoms with van der Waals surface area (Å²) in [6.07, 6.45) is -0.926. The summed E-state index contributed by atoms with van der Waals surface area (Å²) in [5.74, 6) is -0.207. The molecule has 1 aromatic carbocycles. The highest BCUT2D eigenvalue weighted by molar-refractivity contribution is 5.86. The highest BCUT2D eigenvalue weighted by atomic mass is 16.5. The highest BCUT2D eigenvalue weighted by Crippen LogP contribution is 2.24. The van der Waals surface area contributed by atoms with Gasteiger partial charge in [0.1, 0.15) is 11.9 Å². The predicted octanol–water partition coefficient (Wildman–Crippen LogP) is 2.29. The number of hydrogen-bond donors (Lipinski definition) is 1. The molecular weight excluding hydrogens is 260 g/mol. The van der Waals surface area contributed by atoms with Gasteiger partial charge in [-0.2, -0.15) is 0 Å². The molecule has 0 bridgehead atoms. The van der Waals surface area contributed by atoms with Gasteiger partial charge in [0.25, 0.3) is 0 Å². The van der Waals surface area contributed by atoms with Crippen LogP contribution in [0.2, 0.25) is 0 Å². The molecule has 5 heteroatoms. The second-order valence-electron chi connectivity index (χ2n) is 4.27. The van der Waals surface area contributed by atoms with Crippen LogP contribution in [0, 0.1) is 0 Å². The Balaban J connectivity index is 2.15. The third kappa shape index (κ3) is 3.07. The van der Waals surface area contributed by atoms with Crippen LogP contribution in [0.25, 0.3) is 0 Å². The monoisotopic (exact) mass is 276 g/mol. The van der Waals surface area contributed by atoms with Crippen molar-refractivity contribution in [3.63, 3.8) is 0 Å². The van der Waals surface area contributed by atoms with Crippen LogP contribution in [-0.4, -0.2) is 25.3 Å². The van der Waals surface area contributed by atoms with Crippen molar-refractivity contribution in [2.24, 2.45) is 0 Å². The van der Waals surface area contributed by atoms with Crippen molar-refractivity contribution in [2.75, 3.05) is 14.2 Å². The summed E-state index contributed by atoms with van der Waals surface area (Å²) < 4.78 is 14.9. The van der Waals surface area contributed by atoms with Crippen LogP contribution in [0.3, 0.4) is 0 Å². The van der Waals surface area contributed by atoms with Crippen molar-refractivity contribution in [1.29, 1.82) is 0 Å². The zero-order valence-corrected chi connectivity index (χ0v) is 11.3. The molecule has 1 heterocycles. The number of ether oxygens (including phenoxy) is 2. The molecule has 106 valence electrons. The molecule has 2 aromatic rings. The molecule has 0 radical (unpaired) electrons. The Hall–Kier alpha value is -2.11. The van der Waals surface area contributed by atoms with Crippen molar-refractivity contribution in [1.82, 2.24) is 0 Å². The number of furan rings is 1. The fraction of sp³-hybridized carbons (Fsp3) is 0.267. The molecule has 0 fully saturated rings. The van der Waals surface area contributed by atoms with E-state index in [4.69, 9.17) is 9.15 Å². The van der Waals surface area contributed by atoms with Gasteiger partial charge >= 0.3 is 5.97 Å². The lowest BCUT2D eigenvalue weighted by Gasteiger charge is -2.09. The smallest absolute Gasteiger partial charge is 0.373 e. The number of esters is 1. The molecule has 5 nitrogen and oxygen atoms in total. The quantitative estimate of drug-likeness (QED) is 0.848. The summed E-state index contributed by atoms with van der Waals surface area (Å²) >= 11 is 0. The summed E-state index contributed by atoms with van der Waals surface area (Å²) in [6.45, 7) is 0.517. The Morgan fingerprint density at radius 3 is 2.50 bits per heavy atom. The molecule has 0 aliphatic rings. The van der Waals surface area contributed by atoms with Crippen LogP contribution in [0.4, 0.5) is 0 Å². The van der Waals surface area contributed by atoms with Crippen LogP contribution in [0.1, 0.15) is 33.5 Å². The average molecular weight is 276 g/mol. The van der Waals surface area contributed by atoms with Crippen molar-refractivity contribution < 1.29 is 23.8 Å². The standard InChI is InChI=1S/C15H16O5/c1-18-9-10-3-5-11(6-4-10)14(16)12-7-8-13(20-12)15(17)19-2/h3-8,14,16H,9H2,1-2H3. The van der Waals surface area contributed by atoms with Gasteiger partial charge in [-0.25, -0.2) is 4.79 Å². The summed E-state index contributed by atoms with van der Waals surface area (Å²) in [5, 5.41) is 10.2. The fourth-order valence-electron chi connectivity index (χ4n) is 1.84. The second kappa shape index (κ2) is 6.36. The van der Waals surface area contributed by atoms with E-state index in [1.807, 2.05) is 12.1 Å². The van der Waals surface area contributed by atoms with Crippen molar-refractivity contribution in [2.45, 2.75) is 12.7 Å². The molecule has 1 N–H and O–H groups in total. The fourth-order valence-corrected chi connectivity index (χ4v) is 1.84. The Bertz CT molecular complexity index is 570. The van der Waals surface area contributed by atoms with E-state index in [1.165, 1.54) is 13.2 Å². The molecule has 2 rings (SSSR count). The molecule has 1 unspecified atom stereocenters. The van der Waals surface area contributed by atoms with E-state index in [0.29, 0.717) is 17.9 Å². The molecule has 20 heavy (non-hydrogen) atoms. The Kier molecular flexibility index (Phi) is 4.55. The van der Waals surface area contributed by atoms with Gasteiger partial charge in [-0.1, -0.05) is 24.3 Å². The van der Waals surface area contributed by atoms with Gasteiger partial charge in [-0.15, -0.1) is 0 Å². The topological polar surface area (TPSA) is 68.9 Å². The van der Waals surface area contributed by atoms with Crippen LogP contribution in [0.15, 0.2) is 40.8 Å². The van der Waals surface area contributed by atoms with E-state index in [1.54, 1.807) is 25.3 Å². The average Bonchev–Trinajstić information content (AvgIpc) is 2.96. The van der Waals surface area contributed by atoms with E-state index >= 15 is 0 Å². The minimum atomic E-state index is -0.926. The molecule has 0 amide bonds. The van der Waals surface area contributed by atoms with Gasteiger partial charge in [-0.05, 0) is 23.3 Å². The SMILES string of the molecule is COCc1ccc(C(O)c2ccc(C(=O)OC)o2)cc1. The summed E-state index contributed by atoms with van der Waals surface area (Å²) in [4.78, 5) is 11.3. The third-order valence-corrected chi connectivity index (χ3v) is 2.89. The first-order chi connectivity index (χ1) is 9.65. The number of hydrogen-bond acceptors (Lipinski definition) is 5. The Morgan fingerprint density at radius 1 is 1.20 bits per heavy atom. The lowest BCUT2D eigenvalue weighted by molar-refractivity contribution is 0.0558. The van der Waals surface area contributed by atoms with Gasteiger partial charge in [0.05, 0.1) is 13.7 Å². The first-order valence-corrected chi connectivity index (χ1v) is 6.09. The number of aliphatic hydroxyl groups is 1. The van der Waals surface area contributed by atoms with Crippen molar-refractivity contribution in [3.05, 3.63) is 59.0 Å². The number of carbonyl (C=O) groups excluding carboxylic acids is 1. The molecular formula is C15H16O5. The number of aliphatic hydroxyl groups excluding tert-OH is 1. The highest BCUT2D eigenvalue weighted by Gasteiger charge is 2.18. The Labute approximate surface area is 116 Å². The minimum absolute atomic E-state index is 0.0672. The number of benzene rings is 1. The van der Waals surface area contributed by atoms with Gasteiger partial charge in [0.15, 0.2) is 0 Å². The molecule has 1 aromatic heterocycles. The first kappa shape index (κ1) is 14.3. The number of carbonyl (C=O) groups is 1. The van der Waals surface area contributed by atoms with Gasteiger partial charge in [0, 0.05) is 7.11 Å². The minimum Gasteiger partial charge on any atom is -0.463 e. The zero-order valence-electron chi connectivity index (χ0n) is 11.3. The maximum absolute atomic E-state index is 11.3. The van der Waals surface area contributed by atoms with Crippen molar-refractivity contribution in [3.8, 4) is 0 Å². The molecule has 0 aliphatic heterocycles. The molecule has 0 saturated heterocycles. The molecule has 1 atom stereocenters. The summed E-state index contributed by atoms with van der Waals surface area (Å²) in [6, 6.07) is 10.3. The van der Waals surface area contributed by atoms with Crippen LogP contribution in [0.5, 0.6) is 0 Å². The lowest BCUT2D eigenvalue weighted by Crippen LogP contribution is -2.00. The van der Waals surface area contributed by atoms with E-state index in [2.05, 4.69) is 4.74 Å². The largest absolute Gasteiger partial charge is 0.463 e.